The minimum Gasteiger partial charge on any atom is -0.398 e. The molecule has 76 valence electrons. The van der Waals surface area contributed by atoms with E-state index in [4.69, 9.17) is 17.3 Å². The molecule has 0 aliphatic heterocycles. The number of hydrogen-bond donors (Lipinski definition) is 1. The summed E-state index contributed by atoms with van der Waals surface area (Å²) in [6, 6.07) is 5.34. The van der Waals surface area contributed by atoms with Crippen molar-refractivity contribution < 1.29 is 0 Å². The highest BCUT2D eigenvalue weighted by Gasteiger charge is 2.04. The van der Waals surface area contributed by atoms with E-state index in [-0.39, 0.29) is 0 Å². The topological polar surface area (TPSA) is 51.8 Å². The first kappa shape index (κ1) is 9.93. The van der Waals surface area contributed by atoms with Gasteiger partial charge in [-0.1, -0.05) is 11.6 Å². The highest BCUT2D eigenvalue weighted by molar-refractivity contribution is 6.31. The third kappa shape index (κ3) is 2.07. The Morgan fingerprint density at radius 1 is 1.20 bits per heavy atom. The van der Waals surface area contributed by atoms with Gasteiger partial charge in [0.1, 0.15) is 0 Å². The fourth-order valence-corrected chi connectivity index (χ4v) is 1.48. The lowest BCUT2D eigenvalue weighted by Gasteiger charge is -2.04. The molecule has 0 atom stereocenters. The van der Waals surface area contributed by atoms with E-state index in [1.807, 2.05) is 13.0 Å². The molecular weight excluding hydrogens is 210 g/mol. The second-order valence-electron chi connectivity index (χ2n) is 3.27. The van der Waals surface area contributed by atoms with Gasteiger partial charge >= 0.3 is 0 Å². The molecule has 0 bridgehead atoms. The van der Waals surface area contributed by atoms with Crippen LogP contribution in [0, 0.1) is 6.92 Å². The minimum atomic E-state index is 0.612. The van der Waals surface area contributed by atoms with E-state index >= 15 is 0 Å². The summed E-state index contributed by atoms with van der Waals surface area (Å²) in [6.07, 6.45) is 3.41. The molecule has 3 nitrogen and oxygen atoms in total. The van der Waals surface area contributed by atoms with Gasteiger partial charge in [-0.05, 0) is 25.1 Å². The molecule has 0 aliphatic rings. The van der Waals surface area contributed by atoms with Gasteiger partial charge in [-0.3, -0.25) is 9.97 Å². The van der Waals surface area contributed by atoms with Crippen molar-refractivity contribution >= 4 is 17.3 Å². The zero-order valence-electron chi connectivity index (χ0n) is 8.24. The average Bonchev–Trinajstić information content (AvgIpc) is 2.20. The minimum absolute atomic E-state index is 0.612. The number of halogens is 1. The molecule has 15 heavy (non-hydrogen) atoms. The van der Waals surface area contributed by atoms with Gasteiger partial charge in [-0.25, -0.2) is 0 Å². The van der Waals surface area contributed by atoms with Crippen LogP contribution in [0.4, 0.5) is 5.69 Å². The van der Waals surface area contributed by atoms with Crippen molar-refractivity contribution in [3.8, 4) is 11.3 Å². The van der Waals surface area contributed by atoms with Gasteiger partial charge in [0, 0.05) is 22.5 Å². The van der Waals surface area contributed by atoms with Crippen LogP contribution in [0.5, 0.6) is 0 Å². The van der Waals surface area contributed by atoms with Crippen molar-refractivity contribution in [2.75, 3.05) is 5.73 Å². The lowest BCUT2D eigenvalue weighted by atomic mass is 10.1. The molecule has 1 aromatic heterocycles. The molecule has 0 radical (unpaired) electrons. The van der Waals surface area contributed by atoms with Crippen LogP contribution < -0.4 is 5.73 Å². The molecule has 2 rings (SSSR count). The van der Waals surface area contributed by atoms with Crippen LogP contribution in [0.15, 0.2) is 30.6 Å². The van der Waals surface area contributed by atoms with E-state index in [1.54, 1.807) is 24.5 Å². The normalized spacial score (nSPS) is 10.3. The van der Waals surface area contributed by atoms with Crippen molar-refractivity contribution in [1.82, 2.24) is 9.97 Å². The van der Waals surface area contributed by atoms with Crippen molar-refractivity contribution in [3.05, 3.63) is 41.3 Å². The van der Waals surface area contributed by atoms with Gasteiger partial charge in [0.2, 0.25) is 0 Å². The molecule has 2 N–H and O–H groups in total. The predicted octanol–water partition coefficient (Wildman–Crippen LogP) is 2.69. The molecule has 1 heterocycles. The standard InChI is InChI=1S/C11H10ClN3/c1-7-5-15-11(6-14-7)9-3-2-8(12)4-10(9)13/h2-6H,13H2,1H3. The summed E-state index contributed by atoms with van der Waals surface area (Å²) in [5.41, 5.74) is 8.94. The van der Waals surface area contributed by atoms with E-state index in [2.05, 4.69) is 9.97 Å². The molecule has 0 fully saturated rings. The summed E-state index contributed by atoms with van der Waals surface area (Å²) in [4.78, 5) is 8.42. The summed E-state index contributed by atoms with van der Waals surface area (Å²) in [6.45, 7) is 1.89. The highest BCUT2D eigenvalue weighted by Crippen LogP contribution is 2.26. The average molecular weight is 220 g/mol. The second kappa shape index (κ2) is 3.87. The molecule has 0 saturated heterocycles. The third-order valence-electron chi connectivity index (χ3n) is 2.07. The first-order chi connectivity index (χ1) is 7.16. The largest absolute Gasteiger partial charge is 0.398 e. The van der Waals surface area contributed by atoms with Gasteiger partial charge in [-0.15, -0.1) is 0 Å². The summed E-state index contributed by atoms with van der Waals surface area (Å²) >= 11 is 5.81. The van der Waals surface area contributed by atoms with Gasteiger partial charge in [-0.2, -0.15) is 0 Å². The Morgan fingerprint density at radius 2 is 2.00 bits per heavy atom. The number of anilines is 1. The fraction of sp³-hybridized carbons (Fsp3) is 0.0909. The Kier molecular flexibility index (Phi) is 2.56. The van der Waals surface area contributed by atoms with Crippen LogP contribution >= 0.6 is 11.6 Å². The monoisotopic (exact) mass is 219 g/mol. The first-order valence-corrected chi connectivity index (χ1v) is 4.88. The molecule has 0 amide bonds. The maximum absolute atomic E-state index is 5.84. The molecule has 0 aliphatic carbocycles. The third-order valence-corrected chi connectivity index (χ3v) is 2.31. The van der Waals surface area contributed by atoms with E-state index < -0.39 is 0 Å². The van der Waals surface area contributed by atoms with Crippen LogP contribution in [0.3, 0.4) is 0 Å². The Balaban J connectivity index is 2.49. The fourth-order valence-electron chi connectivity index (χ4n) is 1.30. The van der Waals surface area contributed by atoms with E-state index in [9.17, 15) is 0 Å². The summed E-state index contributed by atoms with van der Waals surface area (Å²) in [5.74, 6) is 0. The zero-order chi connectivity index (χ0) is 10.8. The Labute approximate surface area is 92.9 Å². The SMILES string of the molecule is Cc1cnc(-c2ccc(Cl)cc2N)cn1. The lowest BCUT2D eigenvalue weighted by molar-refractivity contribution is 1.12. The van der Waals surface area contributed by atoms with Crippen LogP contribution in [-0.2, 0) is 0 Å². The molecule has 1 aromatic carbocycles. The second-order valence-corrected chi connectivity index (χ2v) is 3.71. The summed E-state index contributed by atoms with van der Waals surface area (Å²) < 4.78 is 0. The molecule has 4 heteroatoms. The quantitative estimate of drug-likeness (QED) is 0.751. The molecule has 2 aromatic rings. The number of aromatic nitrogens is 2. The van der Waals surface area contributed by atoms with E-state index in [1.165, 1.54) is 0 Å². The number of nitrogen functional groups attached to an aromatic ring is 1. The van der Waals surface area contributed by atoms with Crippen LogP contribution in [0.1, 0.15) is 5.69 Å². The molecule has 0 unspecified atom stereocenters. The zero-order valence-corrected chi connectivity index (χ0v) is 8.99. The number of nitrogens with two attached hydrogens (primary N) is 1. The van der Waals surface area contributed by atoms with Crippen LogP contribution in [-0.4, -0.2) is 9.97 Å². The van der Waals surface area contributed by atoms with Gasteiger partial charge < -0.3 is 5.73 Å². The summed E-state index contributed by atoms with van der Waals surface area (Å²) in [5, 5.41) is 0.622. The highest BCUT2D eigenvalue weighted by atomic mass is 35.5. The van der Waals surface area contributed by atoms with Crippen LogP contribution in [0.2, 0.25) is 5.02 Å². The maximum Gasteiger partial charge on any atom is 0.0906 e. The first-order valence-electron chi connectivity index (χ1n) is 4.51. The Hall–Kier alpha value is -1.61. The number of nitrogens with zero attached hydrogens (tertiary/aromatic N) is 2. The van der Waals surface area contributed by atoms with Crippen molar-refractivity contribution in [2.24, 2.45) is 0 Å². The number of aryl methyl sites for hydroxylation is 1. The van der Waals surface area contributed by atoms with E-state index in [0.29, 0.717) is 10.7 Å². The van der Waals surface area contributed by atoms with Gasteiger partial charge in [0.15, 0.2) is 0 Å². The van der Waals surface area contributed by atoms with Crippen molar-refractivity contribution in [1.29, 1.82) is 0 Å². The van der Waals surface area contributed by atoms with Crippen molar-refractivity contribution in [2.45, 2.75) is 6.92 Å². The Morgan fingerprint density at radius 3 is 2.60 bits per heavy atom. The number of benzene rings is 1. The number of rotatable bonds is 1. The molecule has 0 saturated carbocycles. The Bertz CT molecular complexity index is 480. The van der Waals surface area contributed by atoms with Crippen LogP contribution in [0.25, 0.3) is 11.3 Å². The lowest BCUT2D eigenvalue weighted by Crippen LogP contribution is -1.93. The van der Waals surface area contributed by atoms with Crippen molar-refractivity contribution in [3.63, 3.8) is 0 Å². The molecule has 0 spiro atoms. The van der Waals surface area contributed by atoms with E-state index in [0.717, 1.165) is 17.0 Å². The van der Waals surface area contributed by atoms with Gasteiger partial charge in [0.25, 0.3) is 0 Å². The summed E-state index contributed by atoms with van der Waals surface area (Å²) in [7, 11) is 0. The maximum atomic E-state index is 5.84. The van der Waals surface area contributed by atoms with Gasteiger partial charge in [0.05, 0.1) is 17.6 Å². The molecular formula is C11H10ClN3. The smallest absolute Gasteiger partial charge is 0.0906 e. The predicted molar refractivity (Wildman–Crippen MR) is 61.6 cm³/mol. The number of hydrogen-bond acceptors (Lipinski definition) is 3.